The van der Waals surface area contributed by atoms with Gasteiger partial charge in [0.2, 0.25) is 0 Å². The third-order valence-electron chi connectivity index (χ3n) is 3.23. The van der Waals surface area contributed by atoms with Crippen molar-refractivity contribution in [3.8, 4) is 6.07 Å². The van der Waals surface area contributed by atoms with Crippen molar-refractivity contribution in [1.29, 1.82) is 5.26 Å². The van der Waals surface area contributed by atoms with Crippen molar-refractivity contribution in [3.05, 3.63) is 53.5 Å². The number of nitriles is 1. The van der Waals surface area contributed by atoms with Crippen molar-refractivity contribution < 1.29 is 4.74 Å². The van der Waals surface area contributed by atoms with Gasteiger partial charge in [0, 0.05) is 12.8 Å². The second-order valence-corrected chi connectivity index (χ2v) is 4.74. The molecule has 1 saturated heterocycles. The van der Waals surface area contributed by atoms with Crippen LogP contribution in [0.1, 0.15) is 26.2 Å². The van der Waals surface area contributed by atoms with Crippen molar-refractivity contribution in [2.75, 3.05) is 0 Å². The Morgan fingerprint density at radius 1 is 1.61 bits per heavy atom. The van der Waals surface area contributed by atoms with Crippen LogP contribution in [0.5, 0.6) is 0 Å². The van der Waals surface area contributed by atoms with Crippen LogP contribution in [0.15, 0.2) is 53.5 Å². The Kier molecular flexibility index (Phi) is 3.87. The summed E-state index contributed by atoms with van der Waals surface area (Å²) in [4.78, 5) is 0. The van der Waals surface area contributed by atoms with Crippen LogP contribution in [0.25, 0.3) is 0 Å². The molecule has 0 N–H and O–H groups in total. The van der Waals surface area contributed by atoms with Gasteiger partial charge in [-0.1, -0.05) is 30.4 Å². The fraction of sp³-hybridized carbons (Fsp3) is 0.375. The molecule has 2 rings (SSSR count). The Bertz CT molecular complexity index is 510. The maximum atomic E-state index is 9.06. The van der Waals surface area contributed by atoms with E-state index >= 15 is 0 Å². The van der Waals surface area contributed by atoms with E-state index in [1.807, 2.05) is 25.2 Å². The zero-order valence-electron chi connectivity index (χ0n) is 10.6. The molecule has 92 valence electrons. The quantitative estimate of drug-likeness (QED) is 0.686. The van der Waals surface area contributed by atoms with Crippen LogP contribution < -0.4 is 0 Å². The van der Waals surface area contributed by atoms with Crippen LogP contribution in [-0.2, 0) is 4.74 Å². The van der Waals surface area contributed by atoms with E-state index in [2.05, 4.69) is 24.5 Å². The molecule has 0 bridgehead atoms. The van der Waals surface area contributed by atoms with Gasteiger partial charge in [0.15, 0.2) is 0 Å². The molecule has 1 fully saturated rings. The average molecular weight is 239 g/mol. The number of allylic oxidation sites excluding steroid dienone is 5. The van der Waals surface area contributed by atoms with Gasteiger partial charge in [-0.15, -0.1) is 5.73 Å². The number of ether oxygens (including phenoxy) is 1. The number of hydrogen-bond donors (Lipinski definition) is 0. The zero-order valence-corrected chi connectivity index (χ0v) is 10.6. The summed E-state index contributed by atoms with van der Waals surface area (Å²) >= 11 is 0. The minimum atomic E-state index is -0.141. The van der Waals surface area contributed by atoms with E-state index < -0.39 is 0 Å². The smallest absolute Gasteiger partial charge is 0.103 e. The Labute approximate surface area is 108 Å². The molecule has 0 amide bonds. The van der Waals surface area contributed by atoms with Gasteiger partial charge in [0.05, 0.1) is 17.7 Å². The molecular formula is C16H17NO. The lowest BCUT2D eigenvalue weighted by atomic mass is 9.95. The highest BCUT2D eigenvalue weighted by Gasteiger charge is 2.20. The second kappa shape index (κ2) is 5.58. The van der Waals surface area contributed by atoms with E-state index in [1.54, 1.807) is 0 Å². The Morgan fingerprint density at radius 3 is 3.11 bits per heavy atom. The summed E-state index contributed by atoms with van der Waals surface area (Å²) in [7, 11) is 0. The van der Waals surface area contributed by atoms with Gasteiger partial charge < -0.3 is 4.74 Å². The number of hydrogen-bond acceptors (Lipinski definition) is 2. The summed E-state index contributed by atoms with van der Waals surface area (Å²) in [5.41, 5.74) is 5.40. The summed E-state index contributed by atoms with van der Waals surface area (Å²) in [6, 6.07) is 2.28. The standard InChI is InChI=1S/C16H17NO/c1-12-9-14(5-3-4-6-15(12)11-17)10-16-8-7-13(2)18-16/h3-4,6,9,15-16H,2,7-8,10H2,1H3/b6-4?,12-9-. The first-order chi connectivity index (χ1) is 8.69. The molecule has 0 saturated carbocycles. The monoisotopic (exact) mass is 239 g/mol. The van der Waals surface area contributed by atoms with Crippen LogP contribution in [0, 0.1) is 17.2 Å². The molecule has 2 atom stereocenters. The van der Waals surface area contributed by atoms with E-state index in [-0.39, 0.29) is 12.0 Å². The third-order valence-corrected chi connectivity index (χ3v) is 3.23. The fourth-order valence-corrected chi connectivity index (χ4v) is 2.21. The summed E-state index contributed by atoms with van der Waals surface area (Å²) in [5.74, 6) is 0.740. The zero-order chi connectivity index (χ0) is 13.0. The normalized spacial score (nSPS) is 29.7. The van der Waals surface area contributed by atoms with Gasteiger partial charge in [0.25, 0.3) is 0 Å². The van der Waals surface area contributed by atoms with Gasteiger partial charge >= 0.3 is 0 Å². The Balaban J connectivity index is 2.14. The predicted molar refractivity (Wildman–Crippen MR) is 71.5 cm³/mol. The molecule has 1 aliphatic heterocycles. The highest BCUT2D eigenvalue weighted by atomic mass is 16.5. The molecule has 0 aromatic heterocycles. The van der Waals surface area contributed by atoms with Crippen molar-refractivity contribution in [2.24, 2.45) is 5.92 Å². The molecule has 0 aromatic rings. The second-order valence-electron chi connectivity index (χ2n) is 4.74. The first-order valence-corrected chi connectivity index (χ1v) is 6.23. The lowest BCUT2D eigenvalue weighted by molar-refractivity contribution is 0.162. The lowest BCUT2D eigenvalue weighted by Crippen LogP contribution is -2.05. The lowest BCUT2D eigenvalue weighted by Gasteiger charge is -2.12. The van der Waals surface area contributed by atoms with Crippen LogP contribution in [0.2, 0.25) is 0 Å². The summed E-state index contributed by atoms with van der Waals surface area (Å²) in [5, 5.41) is 9.06. The minimum Gasteiger partial charge on any atom is -0.495 e. The van der Waals surface area contributed by atoms with Crippen LogP contribution in [0.4, 0.5) is 0 Å². The molecule has 2 heteroatoms. The summed E-state index contributed by atoms with van der Waals surface area (Å²) < 4.78 is 5.64. The average Bonchev–Trinajstić information content (AvgIpc) is 2.72. The molecule has 2 nitrogen and oxygen atoms in total. The van der Waals surface area contributed by atoms with Gasteiger partial charge in [-0.2, -0.15) is 5.26 Å². The Morgan fingerprint density at radius 2 is 2.44 bits per heavy atom. The van der Waals surface area contributed by atoms with Gasteiger partial charge in [0.1, 0.15) is 6.10 Å². The fourth-order valence-electron chi connectivity index (χ4n) is 2.21. The molecule has 2 unspecified atom stereocenters. The van der Waals surface area contributed by atoms with Crippen LogP contribution in [0.3, 0.4) is 0 Å². The first-order valence-electron chi connectivity index (χ1n) is 6.23. The third kappa shape index (κ3) is 3.03. The first kappa shape index (κ1) is 12.5. The molecule has 0 spiro atoms. The molecule has 0 aromatic carbocycles. The summed E-state index contributed by atoms with van der Waals surface area (Å²) in [6.07, 6.45) is 10.7. The molecular weight excluding hydrogens is 222 g/mol. The van der Waals surface area contributed by atoms with Crippen molar-refractivity contribution in [1.82, 2.24) is 0 Å². The van der Waals surface area contributed by atoms with Crippen LogP contribution in [-0.4, -0.2) is 6.10 Å². The molecule has 1 aliphatic carbocycles. The minimum absolute atomic E-state index is 0.141. The van der Waals surface area contributed by atoms with Gasteiger partial charge in [-0.05, 0) is 25.0 Å². The van der Waals surface area contributed by atoms with E-state index in [1.165, 1.54) is 0 Å². The van der Waals surface area contributed by atoms with Gasteiger partial charge in [-0.3, -0.25) is 0 Å². The van der Waals surface area contributed by atoms with Gasteiger partial charge in [-0.25, -0.2) is 0 Å². The van der Waals surface area contributed by atoms with Crippen LogP contribution >= 0.6 is 0 Å². The van der Waals surface area contributed by atoms with E-state index in [4.69, 9.17) is 10.00 Å². The molecule has 2 aliphatic rings. The van der Waals surface area contributed by atoms with E-state index in [9.17, 15) is 0 Å². The molecule has 1 heterocycles. The van der Waals surface area contributed by atoms with Crippen molar-refractivity contribution >= 4 is 0 Å². The largest absolute Gasteiger partial charge is 0.495 e. The highest BCUT2D eigenvalue weighted by molar-refractivity contribution is 5.33. The maximum Gasteiger partial charge on any atom is 0.103 e. The number of rotatable bonds is 2. The molecule has 18 heavy (non-hydrogen) atoms. The predicted octanol–water partition coefficient (Wildman–Crippen LogP) is 3.81. The molecule has 0 radical (unpaired) electrons. The maximum absolute atomic E-state index is 9.06. The van der Waals surface area contributed by atoms with Crippen molar-refractivity contribution in [3.63, 3.8) is 0 Å². The summed E-state index contributed by atoms with van der Waals surface area (Å²) in [6.45, 7) is 5.83. The van der Waals surface area contributed by atoms with E-state index in [0.29, 0.717) is 0 Å². The van der Waals surface area contributed by atoms with E-state index in [0.717, 1.165) is 36.2 Å². The Hall–Kier alpha value is -1.97. The SMILES string of the molecule is C=C1CCC(CC2=C=CC=CC(C#N)/C(C)=C\2)O1. The highest BCUT2D eigenvalue weighted by Crippen LogP contribution is 2.27. The number of nitrogens with zero attached hydrogens (tertiary/aromatic N) is 1. The van der Waals surface area contributed by atoms with Crippen molar-refractivity contribution in [2.45, 2.75) is 32.3 Å². The topological polar surface area (TPSA) is 33.0 Å².